The van der Waals surface area contributed by atoms with Gasteiger partial charge in [-0.15, -0.1) is 0 Å². The maximum Gasteiger partial charge on any atom is 0.123 e. The standard InChI is InChI=1S/C16H12ClFN2/c17-15-5-1-3-12(7-15)10-20-11-14(9-19-20)13-4-2-6-16(18)8-13/h1-9,11H,10H2. The van der Waals surface area contributed by atoms with Gasteiger partial charge in [0.25, 0.3) is 0 Å². The molecule has 2 aromatic carbocycles. The highest BCUT2D eigenvalue weighted by Gasteiger charge is 2.03. The van der Waals surface area contributed by atoms with E-state index in [1.54, 1.807) is 12.3 Å². The van der Waals surface area contributed by atoms with Crippen molar-refractivity contribution in [3.05, 3.63) is 77.3 Å². The lowest BCUT2D eigenvalue weighted by atomic mass is 10.1. The van der Waals surface area contributed by atoms with Gasteiger partial charge in [0, 0.05) is 16.8 Å². The highest BCUT2D eigenvalue weighted by Crippen LogP contribution is 2.20. The first-order chi connectivity index (χ1) is 9.70. The molecule has 2 nitrogen and oxygen atoms in total. The molecule has 0 amide bonds. The van der Waals surface area contributed by atoms with Gasteiger partial charge in [-0.2, -0.15) is 5.10 Å². The van der Waals surface area contributed by atoms with Crippen LogP contribution in [0, 0.1) is 5.82 Å². The first kappa shape index (κ1) is 12.9. The lowest BCUT2D eigenvalue weighted by molar-refractivity contribution is 0.628. The first-order valence-electron chi connectivity index (χ1n) is 6.23. The molecule has 1 heterocycles. The molecule has 0 fully saturated rings. The molecule has 0 spiro atoms. The summed E-state index contributed by atoms with van der Waals surface area (Å²) in [5, 5.41) is 5.01. The summed E-state index contributed by atoms with van der Waals surface area (Å²) >= 11 is 5.96. The van der Waals surface area contributed by atoms with Gasteiger partial charge in [-0.25, -0.2) is 4.39 Å². The van der Waals surface area contributed by atoms with E-state index < -0.39 is 0 Å². The maximum atomic E-state index is 13.2. The number of hydrogen-bond acceptors (Lipinski definition) is 1. The predicted molar refractivity (Wildman–Crippen MR) is 78.2 cm³/mol. The smallest absolute Gasteiger partial charge is 0.123 e. The van der Waals surface area contributed by atoms with Crippen molar-refractivity contribution in [2.45, 2.75) is 6.54 Å². The van der Waals surface area contributed by atoms with Crippen molar-refractivity contribution in [1.82, 2.24) is 9.78 Å². The van der Waals surface area contributed by atoms with Gasteiger partial charge in [-0.05, 0) is 35.4 Å². The molecule has 3 rings (SSSR count). The summed E-state index contributed by atoms with van der Waals surface area (Å²) in [5.74, 6) is -0.245. The van der Waals surface area contributed by atoms with Crippen LogP contribution in [0.2, 0.25) is 5.02 Å². The number of aromatic nitrogens is 2. The fraction of sp³-hybridized carbons (Fsp3) is 0.0625. The number of nitrogens with zero attached hydrogens (tertiary/aromatic N) is 2. The van der Waals surface area contributed by atoms with Crippen LogP contribution < -0.4 is 0 Å². The van der Waals surface area contributed by atoms with E-state index in [0.29, 0.717) is 11.6 Å². The Labute approximate surface area is 121 Å². The van der Waals surface area contributed by atoms with Crippen LogP contribution in [0.5, 0.6) is 0 Å². The van der Waals surface area contributed by atoms with Crippen LogP contribution in [0.15, 0.2) is 60.9 Å². The summed E-state index contributed by atoms with van der Waals surface area (Å²) in [6.45, 7) is 0.635. The minimum Gasteiger partial charge on any atom is -0.268 e. The molecule has 0 bridgehead atoms. The fourth-order valence-electron chi connectivity index (χ4n) is 2.09. The van der Waals surface area contributed by atoms with Gasteiger partial charge in [0.15, 0.2) is 0 Å². The minimum atomic E-state index is -0.245. The first-order valence-corrected chi connectivity index (χ1v) is 6.61. The molecule has 100 valence electrons. The Hall–Kier alpha value is -2.13. The van der Waals surface area contributed by atoms with E-state index in [1.165, 1.54) is 12.1 Å². The second-order valence-electron chi connectivity index (χ2n) is 4.57. The van der Waals surface area contributed by atoms with E-state index in [0.717, 1.165) is 16.7 Å². The number of hydrogen-bond donors (Lipinski definition) is 0. The molecule has 4 heteroatoms. The van der Waals surface area contributed by atoms with Crippen molar-refractivity contribution in [2.75, 3.05) is 0 Å². The topological polar surface area (TPSA) is 17.8 Å². The monoisotopic (exact) mass is 286 g/mol. The summed E-state index contributed by atoms with van der Waals surface area (Å²) in [5.41, 5.74) is 2.79. The van der Waals surface area contributed by atoms with E-state index in [9.17, 15) is 4.39 Å². The van der Waals surface area contributed by atoms with E-state index in [2.05, 4.69) is 5.10 Å². The molecule has 0 aliphatic heterocycles. The van der Waals surface area contributed by atoms with Crippen LogP contribution in [0.4, 0.5) is 4.39 Å². The molecule has 0 saturated carbocycles. The second-order valence-corrected chi connectivity index (χ2v) is 5.00. The van der Waals surface area contributed by atoms with E-state index >= 15 is 0 Å². The molecular formula is C16H12ClFN2. The zero-order valence-corrected chi connectivity index (χ0v) is 11.4. The number of benzene rings is 2. The average Bonchev–Trinajstić information content (AvgIpc) is 2.87. The third kappa shape index (κ3) is 2.89. The summed E-state index contributed by atoms with van der Waals surface area (Å²) in [4.78, 5) is 0. The van der Waals surface area contributed by atoms with Crippen molar-refractivity contribution in [3.63, 3.8) is 0 Å². The third-order valence-electron chi connectivity index (χ3n) is 3.02. The lowest BCUT2D eigenvalue weighted by Crippen LogP contribution is -1.99. The Morgan fingerprint density at radius 2 is 1.90 bits per heavy atom. The number of halogens is 2. The van der Waals surface area contributed by atoms with Gasteiger partial charge in [0.1, 0.15) is 5.82 Å². The van der Waals surface area contributed by atoms with Gasteiger partial charge >= 0.3 is 0 Å². The van der Waals surface area contributed by atoms with Gasteiger partial charge in [-0.3, -0.25) is 4.68 Å². The van der Waals surface area contributed by atoms with Crippen LogP contribution >= 0.6 is 11.6 Å². The van der Waals surface area contributed by atoms with Crippen molar-refractivity contribution in [2.24, 2.45) is 0 Å². The molecule has 0 aliphatic carbocycles. The van der Waals surface area contributed by atoms with Crippen LogP contribution in [0.25, 0.3) is 11.1 Å². The SMILES string of the molecule is Fc1cccc(-c2cnn(Cc3cccc(Cl)c3)c2)c1. The molecule has 0 aliphatic rings. The molecule has 0 unspecified atom stereocenters. The molecule has 3 aromatic rings. The average molecular weight is 287 g/mol. The molecule has 1 aromatic heterocycles. The van der Waals surface area contributed by atoms with Crippen molar-refractivity contribution in [3.8, 4) is 11.1 Å². The second kappa shape index (κ2) is 5.47. The Bertz CT molecular complexity index is 737. The Morgan fingerprint density at radius 1 is 1.05 bits per heavy atom. The Balaban J connectivity index is 1.84. The number of rotatable bonds is 3. The van der Waals surface area contributed by atoms with Crippen LogP contribution in [-0.4, -0.2) is 9.78 Å². The molecule has 20 heavy (non-hydrogen) atoms. The molecular weight excluding hydrogens is 275 g/mol. The predicted octanol–water partition coefficient (Wildman–Crippen LogP) is 4.39. The summed E-state index contributed by atoms with van der Waals surface area (Å²) < 4.78 is 15.0. The van der Waals surface area contributed by atoms with Gasteiger partial charge in [-0.1, -0.05) is 35.9 Å². The summed E-state index contributed by atoms with van der Waals surface area (Å²) in [6, 6.07) is 14.1. The highest BCUT2D eigenvalue weighted by atomic mass is 35.5. The lowest BCUT2D eigenvalue weighted by Gasteiger charge is -2.02. The molecule has 0 radical (unpaired) electrons. The highest BCUT2D eigenvalue weighted by molar-refractivity contribution is 6.30. The quantitative estimate of drug-likeness (QED) is 0.698. The van der Waals surface area contributed by atoms with Gasteiger partial charge in [0.2, 0.25) is 0 Å². The van der Waals surface area contributed by atoms with E-state index in [1.807, 2.05) is 41.2 Å². The largest absolute Gasteiger partial charge is 0.268 e. The third-order valence-corrected chi connectivity index (χ3v) is 3.26. The van der Waals surface area contributed by atoms with Gasteiger partial charge in [0.05, 0.1) is 12.7 Å². The molecule has 0 N–H and O–H groups in total. The van der Waals surface area contributed by atoms with Crippen LogP contribution in [0.1, 0.15) is 5.56 Å². The van der Waals surface area contributed by atoms with E-state index in [-0.39, 0.29) is 5.82 Å². The van der Waals surface area contributed by atoms with Gasteiger partial charge < -0.3 is 0 Å². The Morgan fingerprint density at radius 3 is 2.70 bits per heavy atom. The van der Waals surface area contributed by atoms with Crippen molar-refractivity contribution >= 4 is 11.6 Å². The molecule has 0 atom stereocenters. The minimum absolute atomic E-state index is 0.245. The zero-order chi connectivity index (χ0) is 13.9. The molecule has 0 saturated heterocycles. The van der Waals surface area contributed by atoms with E-state index in [4.69, 9.17) is 11.6 Å². The normalized spacial score (nSPS) is 10.7. The van der Waals surface area contributed by atoms with Crippen molar-refractivity contribution in [1.29, 1.82) is 0 Å². The van der Waals surface area contributed by atoms with Crippen molar-refractivity contribution < 1.29 is 4.39 Å². The van der Waals surface area contributed by atoms with Crippen LogP contribution in [-0.2, 0) is 6.54 Å². The summed E-state index contributed by atoms with van der Waals surface area (Å²) in [6.07, 6.45) is 3.63. The fourth-order valence-corrected chi connectivity index (χ4v) is 2.30. The maximum absolute atomic E-state index is 13.2. The summed E-state index contributed by atoms with van der Waals surface area (Å²) in [7, 11) is 0. The van der Waals surface area contributed by atoms with Crippen LogP contribution in [0.3, 0.4) is 0 Å². The zero-order valence-electron chi connectivity index (χ0n) is 10.6. The Kier molecular flexibility index (Phi) is 3.52.